The maximum atomic E-state index is 13.2. The Bertz CT molecular complexity index is 537. The van der Waals surface area contributed by atoms with Gasteiger partial charge >= 0.3 is 0 Å². The van der Waals surface area contributed by atoms with E-state index in [1.54, 1.807) is 6.07 Å². The van der Waals surface area contributed by atoms with Gasteiger partial charge in [-0.15, -0.1) is 0 Å². The Morgan fingerprint density at radius 1 is 1.18 bits per heavy atom. The molecule has 0 heterocycles. The highest BCUT2D eigenvalue weighted by atomic mass is 35.5. The largest absolute Gasteiger partial charge is 0.324 e. The molecular formula is C14H13ClFN. The second-order valence-electron chi connectivity index (χ2n) is 4.04. The summed E-state index contributed by atoms with van der Waals surface area (Å²) in [5.41, 5.74) is 8.39. The third kappa shape index (κ3) is 2.65. The highest BCUT2D eigenvalue weighted by Crippen LogP contribution is 2.29. The zero-order valence-electron chi connectivity index (χ0n) is 9.45. The summed E-state index contributed by atoms with van der Waals surface area (Å²) < 4.78 is 13.2. The molecule has 0 saturated heterocycles. The van der Waals surface area contributed by atoms with Gasteiger partial charge in [-0.1, -0.05) is 29.8 Å². The second-order valence-corrected chi connectivity index (χ2v) is 4.45. The molecule has 0 aliphatic rings. The minimum Gasteiger partial charge on any atom is -0.324 e. The van der Waals surface area contributed by atoms with Crippen molar-refractivity contribution in [2.75, 3.05) is 0 Å². The summed E-state index contributed by atoms with van der Waals surface area (Å²) >= 11 is 6.06. The van der Waals surface area contributed by atoms with Crippen molar-refractivity contribution in [2.24, 2.45) is 5.73 Å². The minimum absolute atomic E-state index is 0.0534. The van der Waals surface area contributed by atoms with Crippen molar-refractivity contribution in [3.8, 4) is 11.1 Å². The third-order valence-corrected chi connectivity index (χ3v) is 2.98. The zero-order valence-corrected chi connectivity index (χ0v) is 10.2. The van der Waals surface area contributed by atoms with E-state index in [2.05, 4.69) is 0 Å². The van der Waals surface area contributed by atoms with Crippen molar-refractivity contribution in [1.82, 2.24) is 0 Å². The Hall–Kier alpha value is -1.38. The molecular weight excluding hydrogens is 237 g/mol. The monoisotopic (exact) mass is 249 g/mol. The topological polar surface area (TPSA) is 26.0 Å². The van der Waals surface area contributed by atoms with Crippen LogP contribution in [0.15, 0.2) is 42.5 Å². The van der Waals surface area contributed by atoms with Crippen LogP contribution in [0.1, 0.15) is 18.5 Å². The molecule has 2 N–H and O–H groups in total. The Morgan fingerprint density at radius 2 is 1.94 bits per heavy atom. The standard InChI is InChI=1S/C14H13ClFN/c1-9(17)10-3-2-4-11(7-10)13-8-12(16)5-6-14(13)15/h2-9H,17H2,1H3. The SMILES string of the molecule is CC(N)c1cccc(-c2cc(F)ccc2Cl)c1. The number of nitrogens with two attached hydrogens (primary N) is 1. The summed E-state index contributed by atoms with van der Waals surface area (Å²) in [7, 11) is 0. The molecule has 0 aliphatic carbocycles. The first-order valence-corrected chi connectivity index (χ1v) is 5.76. The van der Waals surface area contributed by atoms with Gasteiger partial charge in [0, 0.05) is 16.6 Å². The van der Waals surface area contributed by atoms with E-state index in [0.717, 1.165) is 11.1 Å². The summed E-state index contributed by atoms with van der Waals surface area (Å²) in [5.74, 6) is -0.296. The molecule has 0 aromatic heterocycles. The molecule has 1 nitrogen and oxygen atoms in total. The van der Waals surface area contributed by atoms with Gasteiger partial charge in [-0.2, -0.15) is 0 Å². The highest BCUT2D eigenvalue weighted by molar-refractivity contribution is 6.33. The van der Waals surface area contributed by atoms with Gasteiger partial charge in [0.2, 0.25) is 0 Å². The molecule has 1 atom stereocenters. The first-order chi connectivity index (χ1) is 8.08. The van der Waals surface area contributed by atoms with Crippen LogP contribution in [0.5, 0.6) is 0 Å². The number of hydrogen-bond acceptors (Lipinski definition) is 1. The van der Waals surface area contributed by atoms with E-state index in [-0.39, 0.29) is 11.9 Å². The van der Waals surface area contributed by atoms with Gasteiger partial charge in [0.25, 0.3) is 0 Å². The van der Waals surface area contributed by atoms with Gasteiger partial charge in [0.1, 0.15) is 5.82 Å². The minimum atomic E-state index is -0.296. The number of benzene rings is 2. The average molecular weight is 250 g/mol. The Morgan fingerprint density at radius 3 is 2.65 bits per heavy atom. The van der Waals surface area contributed by atoms with Crippen LogP contribution in [0.4, 0.5) is 4.39 Å². The second kappa shape index (κ2) is 4.86. The fourth-order valence-electron chi connectivity index (χ4n) is 1.71. The quantitative estimate of drug-likeness (QED) is 0.850. The van der Waals surface area contributed by atoms with Crippen LogP contribution >= 0.6 is 11.6 Å². The van der Waals surface area contributed by atoms with E-state index in [1.165, 1.54) is 12.1 Å². The van der Waals surface area contributed by atoms with Crippen molar-refractivity contribution in [1.29, 1.82) is 0 Å². The van der Waals surface area contributed by atoms with Crippen LogP contribution in [-0.4, -0.2) is 0 Å². The molecule has 0 saturated carbocycles. The van der Waals surface area contributed by atoms with Gasteiger partial charge < -0.3 is 5.73 Å². The molecule has 0 aliphatic heterocycles. The van der Waals surface area contributed by atoms with E-state index < -0.39 is 0 Å². The Kier molecular flexibility index (Phi) is 3.46. The normalized spacial score (nSPS) is 12.5. The first-order valence-electron chi connectivity index (χ1n) is 5.39. The van der Waals surface area contributed by atoms with E-state index in [4.69, 9.17) is 17.3 Å². The van der Waals surface area contributed by atoms with E-state index >= 15 is 0 Å². The smallest absolute Gasteiger partial charge is 0.123 e. The van der Waals surface area contributed by atoms with Gasteiger partial charge in [-0.25, -0.2) is 4.39 Å². The molecule has 0 amide bonds. The number of rotatable bonds is 2. The third-order valence-electron chi connectivity index (χ3n) is 2.65. The maximum Gasteiger partial charge on any atom is 0.123 e. The Labute approximate surface area is 105 Å². The fraction of sp³-hybridized carbons (Fsp3) is 0.143. The molecule has 17 heavy (non-hydrogen) atoms. The Balaban J connectivity index is 2.52. The molecule has 3 heteroatoms. The van der Waals surface area contributed by atoms with Crippen molar-refractivity contribution in [3.63, 3.8) is 0 Å². The molecule has 0 bridgehead atoms. The summed E-state index contributed by atoms with van der Waals surface area (Å²) in [4.78, 5) is 0. The van der Waals surface area contributed by atoms with Crippen LogP contribution in [0.3, 0.4) is 0 Å². The van der Waals surface area contributed by atoms with Gasteiger partial charge in [-0.05, 0) is 42.3 Å². The van der Waals surface area contributed by atoms with Gasteiger partial charge in [-0.3, -0.25) is 0 Å². The molecule has 88 valence electrons. The van der Waals surface area contributed by atoms with Gasteiger partial charge in [0.15, 0.2) is 0 Å². The lowest BCUT2D eigenvalue weighted by molar-refractivity contribution is 0.628. The van der Waals surface area contributed by atoms with Crippen LogP contribution < -0.4 is 5.73 Å². The van der Waals surface area contributed by atoms with E-state index in [1.807, 2.05) is 31.2 Å². The molecule has 2 rings (SSSR count). The predicted molar refractivity (Wildman–Crippen MR) is 69.4 cm³/mol. The number of hydrogen-bond donors (Lipinski definition) is 1. The van der Waals surface area contributed by atoms with Crippen LogP contribution in [-0.2, 0) is 0 Å². The predicted octanol–water partition coefficient (Wildman–Crippen LogP) is 4.17. The van der Waals surface area contributed by atoms with Crippen molar-refractivity contribution in [3.05, 3.63) is 58.9 Å². The molecule has 2 aromatic rings. The molecule has 0 fully saturated rings. The van der Waals surface area contributed by atoms with Gasteiger partial charge in [0.05, 0.1) is 0 Å². The van der Waals surface area contributed by atoms with Crippen molar-refractivity contribution < 1.29 is 4.39 Å². The zero-order chi connectivity index (χ0) is 12.4. The van der Waals surface area contributed by atoms with Crippen LogP contribution in [0.2, 0.25) is 5.02 Å². The molecule has 2 aromatic carbocycles. The van der Waals surface area contributed by atoms with Crippen LogP contribution in [0.25, 0.3) is 11.1 Å². The molecule has 1 unspecified atom stereocenters. The summed E-state index contributed by atoms with van der Waals surface area (Å²) in [5, 5.41) is 0.535. The maximum absolute atomic E-state index is 13.2. The average Bonchev–Trinajstić information content (AvgIpc) is 2.32. The lowest BCUT2D eigenvalue weighted by Gasteiger charge is -2.09. The van der Waals surface area contributed by atoms with Crippen molar-refractivity contribution in [2.45, 2.75) is 13.0 Å². The highest BCUT2D eigenvalue weighted by Gasteiger charge is 2.07. The lowest BCUT2D eigenvalue weighted by atomic mass is 10.0. The summed E-state index contributed by atoms with van der Waals surface area (Å²) in [6.45, 7) is 1.91. The molecule has 0 spiro atoms. The van der Waals surface area contributed by atoms with Crippen molar-refractivity contribution >= 4 is 11.6 Å². The first kappa shape index (κ1) is 12.1. The summed E-state index contributed by atoms with van der Waals surface area (Å²) in [6.07, 6.45) is 0. The number of halogens is 2. The van der Waals surface area contributed by atoms with Crippen LogP contribution in [0, 0.1) is 5.82 Å². The lowest BCUT2D eigenvalue weighted by Crippen LogP contribution is -2.04. The molecule has 0 radical (unpaired) electrons. The van der Waals surface area contributed by atoms with E-state index in [9.17, 15) is 4.39 Å². The fourth-order valence-corrected chi connectivity index (χ4v) is 1.93. The summed E-state index contributed by atoms with van der Waals surface area (Å²) in [6, 6.07) is 12.0. The van der Waals surface area contributed by atoms with E-state index in [0.29, 0.717) is 10.6 Å².